The van der Waals surface area contributed by atoms with Crippen LogP contribution in [0.25, 0.3) is 0 Å². The van der Waals surface area contributed by atoms with Gasteiger partial charge < -0.3 is 10.1 Å². The Hall–Kier alpha value is -1.22. The third-order valence-electron chi connectivity index (χ3n) is 2.81. The van der Waals surface area contributed by atoms with Gasteiger partial charge in [-0.15, -0.1) is 0 Å². The van der Waals surface area contributed by atoms with Crippen LogP contribution in [-0.4, -0.2) is 19.1 Å². The molecule has 0 radical (unpaired) electrons. The lowest BCUT2D eigenvalue weighted by molar-refractivity contribution is -0.120. The minimum Gasteiger partial charge on any atom is -0.496 e. The molecule has 1 amide bonds. The lowest BCUT2D eigenvalue weighted by Crippen LogP contribution is -2.27. The van der Waals surface area contributed by atoms with E-state index in [0.717, 1.165) is 29.7 Å². The minimum absolute atomic E-state index is 0.0347. The van der Waals surface area contributed by atoms with Gasteiger partial charge in [-0.05, 0) is 37.5 Å². The highest BCUT2D eigenvalue weighted by molar-refractivity contribution is 6.30. The van der Waals surface area contributed by atoms with Crippen LogP contribution in [0.15, 0.2) is 12.1 Å². The van der Waals surface area contributed by atoms with Gasteiger partial charge in [0.2, 0.25) is 5.91 Å². The van der Waals surface area contributed by atoms with Gasteiger partial charge in [-0.3, -0.25) is 4.79 Å². The maximum absolute atomic E-state index is 11.7. The van der Waals surface area contributed by atoms with Crippen LogP contribution in [0.2, 0.25) is 5.02 Å². The van der Waals surface area contributed by atoms with E-state index in [0.29, 0.717) is 17.5 Å². The van der Waals surface area contributed by atoms with Gasteiger partial charge in [0.15, 0.2) is 0 Å². The van der Waals surface area contributed by atoms with Crippen molar-refractivity contribution in [3.05, 3.63) is 28.3 Å². The molecule has 92 valence electrons. The van der Waals surface area contributed by atoms with E-state index in [9.17, 15) is 4.79 Å². The highest BCUT2D eigenvalue weighted by Gasteiger charge is 2.23. The smallest absolute Gasteiger partial charge is 0.224 e. The molecule has 0 atom stereocenters. The Morgan fingerprint density at radius 3 is 2.82 bits per heavy atom. The number of nitrogens with one attached hydrogen (secondary N) is 1. The van der Waals surface area contributed by atoms with Crippen LogP contribution in [0.1, 0.15) is 24.0 Å². The summed E-state index contributed by atoms with van der Waals surface area (Å²) in [4.78, 5) is 11.7. The summed E-state index contributed by atoms with van der Waals surface area (Å²) in [7, 11) is 1.61. The molecule has 17 heavy (non-hydrogen) atoms. The Kier molecular flexibility index (Phi) is 3.57. The van der Waals surface area contributed by atoms with Crippen LogP contribution < -0.4 is 10.1 Å². The Morgan fingerprint density at radius 2 is 2.24 bits per heavy atom. The number of amides is 1. The van der Waals surface area contributed by atoms with E-state index in [2.05, 4.69) is 5.32 Å². The van der Waals surface area contributed by atoms with E-state index in [4.69, 9.17) is 16.3 Å². The number of hydrogen-bond acceptors (Lipinski definition) is 2. The number of aryl methyl sites for hydroxylation is 1. The molecular weight excluding hydrogens is 238 g/mol. The summed E-state index contributed by atoms with van der Waals surface area (Å²) in [6, 6.07) is 4.01. The molecule has 1 aromatic carbocycles. The molecule has 1 aliphatic carbocycles. The molecule has 0 spiro atoms. The number of hydrogen-bond donors (Lipinski definition) is 1. The van der Waals surface area contributed by atoms with Crippen LogP contribution in [0.3, 0.4) is 0 Å². The molecule has 1 aliphatic rings. The molecule has 1 saturated carbocycles. The highest BCUT2D eigenvalue weighted by Crippen LogP contribution is 2.28. The molecule has 0 aliphatic heterocycles. The van der Waals surface area contributed by atoms with E-state index in [1.807, 2.05) is 13.0 Å². The second-order valence-electron chi connectivity index (χ2n) is 4.43. The molecule has 0 heterocycles. The Bertz CT molecular complexity index is 441. The number of benzene rings is 1. The molecule has 2 rings (SSSR count). The topological polar surface area (TPSA) is 38.3 Å². The molecule has 1 aromatic rings. The summed E-state index contributed by atoms with van der Waals surface area (Å²) >= 11 is 5.99. The van der Waals surface area contributed by atoms with Gasteiger partial charge in [0.1, 0.15) is 5.75 Å². The van der Waals surface area contributed by atoms with Crippen molar-refractivity contribution in [3.63, 3.8) is 0 Å². The molecule has 1 fully saturated rings. The number of halogens is 1. The molecule has 3 nitrogen and oxygen atoms in total. The standard InChI is InChI=1S/C13H16ClNO2/c1-8-5-10(14)6-9(13(8)17-2)7-12(16)15-11-3-4-11/h5-6,11H,3-4,7H2,1-2H3,(H,15,16). The average molecular weight is 254 g/mol. The van der Waals surface area contributed by atoms with E-state index >= 15 is 0 Å². The SMILES string of the molecule is COc1c(C)cc(Cl)cc1CC(=O)NC1CC1. The van der Waals surface area contributed by atoms with Crippen molar-refractivity contribution in [2.24, 2.45) is 0 Å². The first-order valence-electron chi connectivity index (χ1n) is 5.72. The van der Waals surface area contributed by atoms with Crippen LogP contribution in [-0.2, 0) is 11.2 Å². The first-order chi connectivity index (χ1) is 8.10. The molecule has 1 N–H and O–H groups in total. The highest BCUT2D eigenvalue weighted by atomic mass is 35.5. The molecule has 4 heteroatoms. The van der Waals surface area contributed by atoms with Crippen molar-refractivity contribution < 1.29 is 9.53 Å². The van der Waals surface area contributed by atoms with Crippen molar-refractivity contribution in [2.45, 2.75) is 32.2 Å². The third kappa shape index (κ3) is 3.13. The van der Waals surface area contributed by atoms with Crippen LogP contribution in [0, 0.1) is 6.92 Å². The third-order valence-corrected chi connectivity index (χ3v) is 3.03. The van der Waals surface area contributed by atoms with Gasteiger partial charge in [-0.1, -0.05) is 11.6 Å². The van der Waals surface area contributed by atoms with Crippen LogP contribution in [0.4, 0.5) is 0 Å². The largest absolute Gasteiger partial charge is 0.496 e. The second-order valence-corrected chi connectivity index (χ2v) is 4.87. The number of ether oxygens (including phenoxy) is 1. The van der Waals surface area contributed by atoms with Crippen LogP contribution >= 0.6 is 11.6 Å². The second kappa shape index (κ2) is 4.96. The first kappa shape index (κ1) is 12.2. The monoisotopic (exact) mass is 253 g/mol. The average Bonchev–Trinajstić information content (AvgIpc) is 3.00. The maximum atomic E-state index is 11.7. The van der Waals surface area contributed by atoms with Crippen molar-refractivity contribution in [1.29, 1.82) is 0 Å². The molecule has 0 saturated heterocycles. The fourth-order valence-corrected chi connectivity index (χ4v) is 2.20. The Balaban J connectivity index is 2.14. The first-order valence-corrected chi connectivity index (χ1v) is 6.10. The summed E-state index contributed by atoms with van der Waals surface area (Å²) in [6.07, 6.45) is 2.51. The summed E-state index contributed by atoms with van der Waals surface area (Å²) < 4.78 is 5.31. The summed E-state index contributed by atoms with van der Waals surface area (Å²) in [5, 5.41) is 3.59. The van der Waals surface area contributed by atoms with Gasteiger partial charge in [-0.25, -0.2) is 0 Å². The van der Waals surface area contributed by atoms with Crippen molar-refractivity contribution in [3.8, 4) is 5.75 Å². The number of rotatable bonds is 4. The van der Waals surface area contributed by atoms with Gasteiger partial charge in [-0.2, -0.15) is 0 Å². The molecule has 0 unspecified atom stereocenters. The predicted octanol–water partition coefficient (Wildman–Crippen LogP) is 2.48. The Labute approximate surface area is 106 Å². The fraction of sp³-hybridized carbons (Fsp3) is 0.462. The van der Waals surface area contributed by atoms with Crippen molar-refractivity contribution >= 4 is 17.5 Å². The maximum Gasteiger partial charge on any atom is 0.224 e. The lowest BCUT2D eigenvalue weighted by Gasteiger charge is -2.12. The quantitative estimate of drug-likeness (QED) is 0.895. The van der Waals surface area contributed by atoms with E-state index in [1.165, 1.54) is 0 Å². The summed E-state index contributed by atoms with van der Waals surface area (Å²) in [5.41, 5.74) is 1.80. The zero-order valence-corrected chi connectivity index (χ0v) is 10.8. The van der Waals surface area contributed by atoms with Crippen LogP contribution in [0.5, 0.6) is 5.75 Å². The fourth-order valence-electron chi connectivity index (χ4n) is 1.90. The minimum atomic E-state index is 0.0347. The summed E-state index contributed by atoms with van der Waals surface area (Å²) in [5.74, 6) is 0.785. The molecule has 0 aromatic heterocycles. The lowest BCUT2D eigenvalue weighted by atomic mass is 10.1. The van der Waals surface area contributed by atoms with Gasteiger partial charge in [0.05, 0.1) is 13.5 Å². The van der Waals surface area contributed by atoms with Gasteiger partial charge in [0, 0.05) is 16.6 Å². The molecular formula is C13H16ClNO2. The van der Waals surface area contributed by atoms with E-state index in [-0.39, 0.29) is 5.91 Å². The van der Waals surface area contributed by atoms with Gasteiger partial charge in [0.25, 0.3) is 0 Å². The number of methoxy groups -OCH3 is 1. The number of carbonyl (C=O) groups is 1. The number of carbonyl (C=O) groups excluding carboxylic acids is 1. The zero-order chi connectivity index (χ0) is 12.4. The van der Waals surface area contributed by atoms with E-state index in [1.54, 1.807) is 13.2 Å². The van der Waals surface area contributed by atoms with E-state index < -0.39 is 0 Å². The van der Waals surface area contributed by atoms with Gasteiger partial charge >= 0.3 is 0 Å². The summed E-state index contributed by atoms with van der Waals surface area (Å²) in [6.45, 7) is 1.92. The van der Waals surface area contributed by atoms with Crippen molar-refractivity contribution in [2.75, 3.05) is 7.11 Å². The Morgan fingerprint density at radius 1 is 1.53 bits per heavy atom. The molecule has 0 bridgehead atoms. The zero-order valence-electron chi connectivity index (χ0n) is 10.0. The predicted molar refractivity (Wildman–Crippen MR) is 67.6 cm³/mol. The normalized spacial score (nSPS) is 14.5. The van der Waals surface area contributed by atoms with Crippen molar-refractivity contribution in [1.82, 2.24) is 5.32 Å².